The molecule has 37 valence electrons. The van der Waals surface area contributed by atoms with E-state index >= 15 is 0 Å². The van der Waals surface area contributed by atoms with E-state index in [-0.39, 0.29) is 0 Å². The third-order valence-corrected chi connectivity index (χ3v) is 5.40. The quantitative estimate of drug-likeness (QED) is 0.585. The fourth-order valence-corrected chi connectivity index (χ4v) is 4.03. The fourth-order valence-electron chi connectivity index (χ4n) is 0.459. The average molecular weight is 289 g/mol. The van der Waals surface area contributed by atoms with Gasteiger partial charge in [-0.25, -0.2) is 0 Å². The van der Waals surface area contributed by atoms with Crippen LogP contribution in [0.1, 0.15) is 13.8 Å². The predicted octanol–water partition coefficient (Wildman–Crippen LogP) is 1.05. The molecule has 1 aliphatic rings. The van der Waals surface area contributed by atoms with Crippen LogP contribution in [0, 0.1) is 3.78 Å². The fraction of sp³-hybridized carbons (Fsp3) is 0.333. The van der Waals surface area contributed by atoms with Crippen molar-refractivity contribution < 1.29 is 0 Å². The van der Waals surface area contributed by atoms with Gasteiger partial charge in [0.2, 0.25) is 0 Å². The monoisotopic (exact) mass is 289 g/mol. The number of hydrogen-bond acceptors (Lipinski definition) is 0. The normalized spacial score (nSPS) is 19.1. The Morgan fingerprint density at radius 1 is 1.57 bits per heavy atom. The second-order valence-corrected chi connectivity index (χ2v) is 4.94. The second kappa shape index (κ2) is 2.09. The first-order valence-electron chi connectivity index (χ1n) is 2.33. The van der Waals surface area contributed by atoms with Gasteiger partial charge in [0, 0.05) is 0 Å². The molecule has 0 saturated carbocycles. The molecule has 0 atom stereocenters. The van der Waals surface area contributed by atoms with Gasteiger partial charge in [-0.3, -0.25) is 0 Å². The molecule has 1 aliphatic heterocycles. The van der Waals surface area contributed by atoms with Crippen LogP contribution in [0.4, 0.5) is 0 Å². The standard InChI is InChI=1S/C6H7.Bi.H/c1-5(2)6(3)4;;/h1H,2-3H3;;. The molecule has 0 amide bonds. The zero-order chi connectivity index (χ0) is 5.28. The summed E-state index contributed by atoms with van der Waals surface area (Å²) in [7, 11) is 0. The van der Waals surface area contributed by atoms with Gasteiger partial charge in [-0.15, -0.1) is 0 Å². The Hall–Kier alpha value is 0.363. The summed E-state index contributed by atoms with van der Waals surface area (Å²) in [6, 6.07) is 0. The summed E-state index contributed by atoms with van der Waals surface area (Å²) in [6.07, 6.45) is 0. The second-order valence-electron chi connectivity index (χ2n) is 1.72. The molecule has 0 aliphatic carbocycles. The SMILES string of the molecule is CC1=[C][BiH][CH]=C1C. The molecule has 7 heavy (non-hydrogen) atoms. The van der Waals surface area contributed by atoms with Crippen molar-refractivity contribution in [1.82, 2.24) is 0 Å². The van der Waals surface area contributed by atoms with Crippen molar-refractivity contribution in [3.05, 3.63) is 18.7 Å². The predicted molar refractivity (Wildman–Crippen MR) is 33.3 cm³/mol. The first kappa shape index (κ1) is 5.50. The number of rotatable bonds is 0. The number of allylic oxidation sites excluding steroid dienone is 2. The van der Waals surface area contributed by atoms with Crippen molar-refractivity contribution in [2.75, 3.05) is 0 Å². The molecule has 1 rings (SSSR count). The van der Waals surface area contributed by atoms with Crippen LogP contribution in [-0.2, 0) is 0 Å². The van der Waals surface area contributed by atoms with Crippen molar-refractivity contribution in [1.29, 1.82) is 0 Å². The maximum atomic E-state index is 3.39. The van der Waals surface area contributed by atoms with E-state index in [0.717, 1.165) is 0 Å². The van der Waals surface area contributed by atoms with Crippen molar-refractivity contribution in [2.45, 2.75) is 13.8 Å². The summed E-state index contributed by atoms with van der Waals surface area (Å²) in [4.78, 5) is 0. The van der Waals surface area contributed by atoms with Crippen LogP contribution in [0.15, 0.2) is 14.9 Å². The average Bonchev–Trinajstić information content (AvgIpc) is 1.91. The van der Waals surface area contributed by atoms with E-state index in [4.69, 9.17) is 0 Å². The van der Waals surface area contributed by atoms with Gasteiger partial charge >= 0.3 is 55.8 Å². The van der Waals surface area contributed by atoms with Crippen LogP contribution in [-0.4, -0.2) is 23.2 Å². The van der Waals surface area contributed by atoms with Crippen molar-refractivity contribution in [2.24, 2.45) is 0 Å². The Morgan fingerprint density at radius 3 is 2.43 bits per heavy atom. The summed E-state index contributed by atoms with van der Waals surface area (Å²) in [5.74, 6) is 0. The molecule has 1 heterocycles. The van der Waals surface area contributed by atoms with Gasteiger partial charge in [0.15, 0.2) is 0 Å². The van der Waals surface area contributed by atoms with Gasteiger partial charge in [0.1, 0.15) is 0 Å². The molecule has 1 radical (unpaired) electrons. The first-order valence-corrected chi connectivity index (χ1v) is 6.52. The van der Waals surface area contributed by atoms with Crippen LogP contribution in [0.2, 0.25) is 0 Å². The molecule has 0 aromatic rings. The van der Waals surface area contributed by atoms with Crippen LogP contribution in [0.25, 0.3) is 0 Å². The molecule has 0 saturated heterocycles. The van der Waals surface area contributed by atoms with Crippen molar-refractivity contribution in [3.8, 4) is 0 Å². The summed E-state index contributed by atoms with van der Waals surface area (Å²) in [5.41, 5.74) is 2.88. The molecular formula is C6H8Bi. The van der Waals surface area contributed by atoms with Gasteiger partial charge < -0.3 is 0 Å². The van der Waals surface area contributed by atoms with Gasteiger partial charge in [0.05, 0.1) is 0 Å². The van der Waals surface area contributed by atoms with E-state index in [0.29, 0.717) is 0 Å². The van der Waals surface area contributed by atoms with Crippen LogP contribution >= 0.6 is 0 Å². The summed E-state index contributed by atoms with van der Waals surface area (Å²) < 4.78 is 5.77. The maximum absolute atomic E-state index is 3.39. The van der Waals surface area contributed by atoms with E-state index in [1.807, 2.05) is 0 Å². The molecule has 0 fully saturated rings. The van der Waals surface area contributed by atoms with E-state index in [1.165, 1.54) is 11.1 Å². The molecule has 0 N–H and O–H groups in total. The van der Waals surface area contributed by atoms with Gasteiger partial charge in [-0.05, 0) is 0 Å². The molecule has 0 spiro atoms. The molecular weight excluding hydrogens is 281 g/mol. The Kier molecular flexibility index (Phi) is 1.64. The topological polar surface area (TPSA) is 0 Å². The minimum absolute atomic E-state index is 0.411. The molecule has 0 aromatic heterocycles. The van der Waals surface area contributed by atoms with Gasteiger partial charge in [0.25, 0.3) is 0 Å². The molecule has 0 unspecified atom stereocenters. The minimum atomic E-state index is -0.411. The summed E-state index contributed by atoms with van der Waals surface area (Å²) in [5, 5.41) is 0. The molecule has 1 heteroatoms. The van der Waals surface area contributed by atoms with Crippen molar-refractivity contribution in [3.63, 3.8) is 0 Å². The zero-order valence-electron chi connectivity index (χ0n) is 4.58. The zero-order valence-corrected chi connectivity index (χ0v) is 8.46. The van der Waals surface area contributed by atoms with E-state index in [1.54, 1.807) is 0 Å². The Balaban J connectivity index is 2.78. The van der Waals surface area contributed by atoms with Crippen molar-refractivity contribution >= 4 is 23.2 Å². The van der Waals surface area contributed by atoms with E-state index in [9.17, 15) is 0 Å². The third-order valence-electron chi connectivity index (χ3n) is 1.14. The van der Waals surface area contributed by atoms with Crippen LogP contribution < -0.4 is 0 Å². The van der Waals surface area contributed by atoms with Gasteiger partial charge in [-0.2, -0.15) is 0 Å². The van der Waals surface area contributed by atoms with E-state index in [2.05, 4.69) is 21.4 Å². The molecule has 0 aromatic carbocycles. The molecule has 0 bridgehead atoms. The Bertz CT molecular complexity index is 115. The van der Waals surface area contributed by atoms with Crippen LogP contribution in [0.3, 0.4) is 0 Å². The summed E-state index contributed by atoms with van der Waals surface area (Å²) in [6.45, 7) is 4.31. The number of hydrogen-bond donors (Lipinski definition) is 0. The van der Waals surface area contributed by atoms with Gasteiger partial charge in [-0.1, -0.05) is 0 Å². The summed E-state index contributed by atoms with van der Waals surface area (Å²) >= 11 is -0.411. The Labute approximate surface area is 55.9 Å². The first-order chi connectivity index (χ1) is 3.30. The van der Waals surface area contributed by atoms with Crippen LogP contribution in [0.5, 0.6) is 0 Å². The Morgan fingerprint density at radius 2 is 2.29 bits per heavy atom. The third kappa shape index (κ3) is 1.13. The molecule has 0 nitrogen and oxygen atoms in total. The van der Waals surface area contributed by atoms with E-state index < -0.39 is 23.2 Å².